The number of ether oxygens (including phenoxy) is 1. The number of nitrogens with two attached hydrogens (primary N) is 1. The number of primary amides is 1. The number of nitrogens with one attached hydrogen (secondary N) is 2. The summed E-state index contributed by atoms with van der Waals surface area (Å²) >= 11 is 0. The highest BCUT2D eigenvalue weighted by Gasteiger charge is 2.38. The van der Waals surface area contributed by atoms with Crippen molar-refractivity contribution in [3.05, 3.63) is 0 Å². The summed E-state index contributed by atoms with van der Waals surface area (Å²) in [5.41, 5.74) is 4.89. The maximum absolute atomic E-state index is 12.9. The minimum Gasteiger partial charge on any atom is -0.373 e. The van der Waals surface area contributed by atoms with Gasteiger partial charge in [0.25, 0.3) is 0 Å². The molecule has 4 N–H and O–H groups in total. The molecular formula is C17H28N4O5. The third-order valence-electron chi connectivity index (χ3n) is 4.47. The normalized spacial score (nSPS) is 24.3. The number of amides is 4. The summed E-state index contributed by atoms with van der Waals surface area (Å²) in [5, 5.41) is 5.24. The third kappa shape index (κ3) is 5.17. The monoisotopic (exact) mass is 368 g/mol. The predicted molar refractivity (Wildman–Crippen MR) is 92.7 cm³/mol. The van der Waals surface area contributed by atoms with Gasteiger partial charge < -0.3 is 26.0 Å². The van der Waals surface area contributed by atoms with Gasteiger partial charge in [0.2, 0.25) is 23.6 Å². The Morgan fingerprint density at radius 1 is 1.35 bits per heavy atom. The van der Waals surface area contributed by atoms with Gasteiger partial charge in [-0.25, -0.2) is 0 Å². The summed E-state index contributed by atoms with van der Waals surface area (Å²) in [5.74, 6) is -1.57. The van der Waals surface area contributed by atoms with E-state index in [4.69, 9.17) is 10.5 Å². The summed E-state index contributed by atoms with van der Waals surface area (Å²) in [6.45, 7) is 5.91. The highest BCUT2D eigenvalue weighted by Crippen LogP contribution is 2.19. The van der Waals surface area contributed by atoms with E-state index in [0.717, 1.165) is 0 Å². The van der Waals surface area contributed by atoms with Crippen LogP contribution >= 0.6 is 0 Å². The molecule has 2 fully saturated rings. The van der Waals surface area contributed by atoms with Gasteiger partial charge in [-0.2, -0.15) is 0 Å². The molecule has 0 radical (unpaired) electrons. The predicted octanol–water partition coefficient (Wildman–Crippen LogP) is -0.959. The Morgan fingerprint density at radius 3 is 2.58 bits per heavy atom. The van der Waals surface area contributed by atoms with Crippen molar-refractivity contribution in [1.82, 2.24) is 15.5 Å². The van der Waals surface area contributed by atoms with E-state index in [2.05, 4.69) is 10.6 Å². The van der Waals surface area contributed by atoms with Crippen LogP contribution in [0.3, 0.4) is 0 Å². The number of hydrogen-bond acceptors (Lipinski definition) is 5. The molecular weight excluding hydrogens is 340 g/mol. The van der Waals surface area contributed by atoms with Gasteiger partial charge in [0.15, 0.2) is 0 Å². The smallest absolute Gasteiger partial charge is 0.248 e. The van der Waals surface area contributed by atoms with Gasteiger partial charge in [-0.1, -0.05) is 0 Å². The minimum absolute atomic E-state index is 0.0310. The largest absolute Gasteiger partial charge is 0.373 e. The Kier molecular flexibility index (Phi) is 6.22. The molecule has 0 spiro atoms. The molecule has 0 aromatic carbocycles. The second-order valence-corrected chi connectivity index (χ2v) is 7.74. The molecule has 2 rings (SSSR count). The molecule has 26 heavy (non-hydrogen) atoms. The van der Waals surface area contributed by atoms with Crippen molar-refractivity contribution in [3.63, 3.8) is 0 Å². The molecule has 146 valence electrons. The Bertz CT molecular complexity index is 586. The maximum Gasteiger partial charge on any atom is 0.248 e. The van der Waals surface area contributed by atoms with E-state index >= 15 is 0 Å². The van der Waals surface area contributed by atoms with E-state index in [9.17, 15) is 19.2 Å². The van der Waals surface area contributed by atoms with E-state index in [1.807, 2.05) is 20.8 Å². The molecule has 2 aliphatic heterocycles. The molecule has 0 aromatic rings. The fraction of sp³-hybridized carbons (Fsp3) is 0.765. The van der Waals surface area contributed by atoms with Gasteiger partial charge in [-0.05, 0) is 40.0 Å². The standard InChI is InChI=1S/C17H28N4O5/c1-17(2,3)26-9-11(20-15(24)10-6-7-13(22)19-10)16(25)21-8-4-5-12(21)14(18)23/h10-12H,4-9H2,1-3H3,(H2,18,23)(H,19,22)(H,20,24)/t10-,11-,12-/m1/s1. The number of carbonyl (C=O) groups excluding carboxylic acids is 4. The number of nitrogens with zero attached hydrogens (tertiary/aromatic N) is 1. The lowest BCUT2D eigenvalue weighted by atomic mass is 10.1. The first-order chi connectivity index (χ1) is 12.1. The topological polar surface area (TPSA) is 131 Å². The zero-order valence-corrected chi connectivity index (χ0v) is 15.5. The first-order valence-electron chi connectivity index (χ1n) is 8.92. The Morgan fingerprint density at radius 2 is 2.04 bits per heavy atom. The molecule has 3 atom stereocenters. The molecule has 9 heteroatoms. The van der Waals surface area contributed by atoms with E-state index in [1.54, 1.807) is 0 Å². The Labute approximate surface area is 153 Å². The first kappa shape index (κ1) is 20.2. The van der Waals surface area contributed by atoms with Crippen molar-refractivity contribution < 1.29 is 23.9 Å². The van der Waals surface area contributed by atoms with Crippen LogP contribution in [0.1, 0.15) is 46.5 Å². The fourth-order valence-electron chi connectivity index (χ4n) is 3.12. The quantitative estimate of drug-likeness (QED) is 0.556. The first-order valence-corrected chi connectivity index (χ1v) is 8.92. The van der Waals surface area contributed by atoms with Crippen molar-refractivity contribution in [2.45, 2.75) is 70.2 Å². The van der Waals surface area contributed by atoms with Crippen LogP contribution in [0.2, 0.25) is 0 Å². The lowest BCUT2D eigenvalue weighted by Crippen LogP contribution is -2.57. The van der Waals surface area contributed by atoms with Crippen LogP contribution < -0.4 is 16.4 Å². The lowest BCUT2D eigenvalue weighted by molar-refractivity contribution is -0.143. The van der Waals surface area contributed by atoms with Crippen LogP contribution in [-0.4, -0.2) is 65.4 Å². The van der Waals surface area contributed by atoms with Crippen LogP contribution in [0.15, 0.2) is 0 Å². The van der Waals surface area contributed by atoms with Gasteiger partial charge >= 0.3 is 0 Å². The number of likely N-dealkylation sites (tertiary alicyclic amines) is 1. The van der Waals surface area contributed by atoms with Crippen molar-refractivity contribution in [2.24, 2.45) is 5.73 Å². The van der Waals surface area contributed by atoms with Crippen molar-refractivity contribution in [1.29, 1.82) is 0 Å². The highest BCUT2D eigenvalue weighted by molar-refractivity contribution is 5.95. The van der Waals surface area contributed by atoms with Gasteiger partial charge in [0.05, 0.1) is 12.2 Å². The van der Waals surface area contributed by atoms with Crippen molar-refractivity contribution in [3.8, 4) is 0 Å². The molecule has 0 aliphatic carbocycles. The summed E-state index contributed by atoms with van der Waals surface area (Å²) in [7, 11) is 0. The van der Waals surface area contributed by atoms with Gasteiger partial charge in [-0.3, -0.25) is 19.2 Å². The molecule has 4 amide bonds. The van der Waals surface area contributed by atoms with E-state index in [-0.39, 0.29) is 18.9 Å². The second kappa shape index (κ2) is 8.03. The Hall–Kier alpha value is -2.16. The van der Waals surface area contributed by atoms with Gasteiger partial charge in [0.1, 0.15) is 18.1 Å². The zero-order valence-electron chi connectivity index (χ0n) is 15.5. The third-order valence-corrected chi connectivity index (χ3v) is 4.47. The average molecular weight is 368 g/mol. The van der Waals surface area contributed by atoms with Crippen molar-refractivity contribution in [2.75, 3.05) is 13.2 Å². The molecule has 0 unspecified atom stereocenters. The van der Waals surface area contributed by atoms with Crippen molar-refractivity contribution >= 4 is 23.6 Å². The van der Waals surface area contributed by atoms with E-state index in [0.29, 0.717) is 25.8 Å². The molecule has 2 heterocycles. The zero-order chi connectivity index (χ0) is 19.5. The van der Waals surface area contributed by atoms with Gasteiger partial charge in [-0.15, -0.1) is 0 Å². The van der Waals surface area contributed by atoms with Crippen LogP contribution in [-0.2, 0) is 23.9 Å². The van der Waals surface area contributed by atoms with Crippen LogP contribution in [0.5, 0.6) is 0 Å². The number of carbonyl (C=O) groups is 4. The summed E-state index contributed by atoms with van der Waals surface area (Å²) in [6, 6.07) is -2.26. The maximum atomic E-state index is 12.9. The highest BCUT2D eigenvalue weighted by atomic mass is 16.5. The minimum atomic E-state index is -0.945. The van der Waals surface area contributed by atoms with Crippen LogP contribution in [0.4, 0.5) is 0 Å². The summed E-state index contributed by atoms with van der Waals surface area (Å²) in [6.07, 6.45) is 1.86. The van der Waals surface area contributed by atoms with Gasteiger partial charge in [0, 0.05) is 13.0 Å². The SMILES string of the molecule is CC(C)(C)OC[C@@H](NC(=O)[C@H]1CCC(=O)N1)C(=O)N1CCC[C@@H]1C(N)=O. The van der Waals surface area contributed by atoms with E-state index in [1.165, 1.54) is 4.90 Å². The summed E-state index contributed by atoms with van der Waals surface area (Å²) in [4.78, 5) is 49.7. The molecule has 2 aliphatic rings. The van der Waals surface area contributed by atoms with Crippen LogP contribution in [0, 0.1) is 0 Å². The van der Waals surface area contributed by atoms with E-state index < -0.39 is 41.4 Å². The molecule has 0 aromatic heterocycles. The van der Waals surface area contributed by atoms with Crippen LogP contribution in [0.25, 0.3) is 0 Å². The number of rotatable bonds is 6. The average Bonchev–Trinajstić information content (AvgIpc) is 3.18. The summed E-state index contributed by atoms with van der Waals surface area (Å²) < 4.78 is 5.69. The Balaban J connectivity index is 2.09. The molecule has 9 nitrogen and oxygen atoms in total. The molecule has 0 bridgehead atoms. The second-order valence-electron chi connectivity index (χ2n) is 7.74. The lowest BCUT2D eigenvalue weighted by Gasteiger charge is -2.30. The fourth-order valence-corrected chi connectivity index (χ4v) is 3.12. The molecule has 2 saturated heterocycles. The molecule has 0 saturated carbocycles. The number of hydrogen-bond donors (Lipinski definition) is 3.